The van der Waals surface area contributed by atoms with E-state index in [-0.39, 0.29) is 0 Å². The molecule has 0 saturated carbocycles. The van der Waals surface area contributed by atoms with Crippen molar-refractivity contribution in [2.24, 2.45) is 5.29 Å². The molecule has 1 aliphatic heterocycles. The van der Waals surface area contributed by atoms with Crippen LogP contribution in [0.4, 0.5) is 5.69 Å². The van der Waals surface area contributed by atoms with Gasteiger partial charge in [0.05, 0.1) is 23.9 Å². The Balaban J connectivity index is 1.95. The van der Waals surface area contributed by atoms with E-state index in [1.807, 2.05) is 24.3 Å². The zero-order valence-corrected chi connectivity index (χ0v) is 11.0. The Labute approximate surface area is 115 Å². The monoisotopic (exact) mass is 276 g/mol. The van der Waals surface area contributed by atoms with E-state index in [9.17, 15) is 4.91 Å². The highest BCUT2D eigenvalue weighted by Gasteiger charge is 2.18. The Morgan fingerprint density at radius 3 is 2.68 bits per heavy atom. The molecule has 5 nitrogen and oxygen atoms in total. The molecular weight excluding hydrogens is 264 g/mol. The summed E-state index contributed by atoms with van der Waals surface area (Å²) in [6.45, 7) is 2.88. The fourth-order valence-corrected chi connectivity index (χ4v) is 2.57. The number of pyridine rings is 1. The minimum atomic E-state index is 0.654. The number of rotatable bonds is 2. The van der Waals surface area contributed by atoms with Gasteiger partial charge in [0.2, 0.25) is 0 Å². The SMILES string of the molecule is O=NN1CCN(c2ccnc3cc(Cl)ccc23)CC1. The molecule has 3 rings (SSSR count). The number of piperazine rings is 1. The zero-order valence-electron chi connectivity index (χ0n) is 10.3. The number of hydrogen-bond donors (Lipinski definition) is 0. The van der Waals surface area contributed by atoms with E-state index in [4.69, 9.17) is 11.6 Å². The Morgan fingerprint density at radius 2 is 1.95 bits per heavy atom. The van der Waals surface area contributed by atoms with Crippen molar-refractivity contribution in [2.45, 2.75) is 0 Å². The molecule has 0 radical (unpaired) electrons. The fraction of sp³-hybridized carbons (Fsp3) is 0.308. The van der Waals surface area contributed by atoms with Crippen molar-refractivity contribution >= 4 is 28.2 Å². The van der Waals surface area contributed by atoms with Gasteiger partial charge in [0.15, 0.2) is 0 Å². The largest absolute Gasteiger partial charge is 0.367 e. The van der Waals surface area contributed by atoms with Gasteiger partial charge in [-0.05, 0) is 24.3 Å². The molecule has 6 heteroatoms. The summed E-state index contributed by atoms with van der Waals surface area (Å²) in [7, 11) is 0. The van der Waals surface area contributed by atoms with Crippen molar-refractivity contribution in [3.63, 3.8) is 0 Å². The van der Waals surface area contributed by atoms with Crippen LogP contribution in [0.3, 0.4) is 0 Å². The van der Waals surface area contributed by atoms with Gasteiger partial charge in [0.1, 0.15) is 0 Å². The highest BCUT2D eigenvalue weighted by Crippen LogP contribution is 2.28. The summed E-state index contributed by atoms with van der Waals surface area (Å²) in [6.07, 6.45) is 1.79. The van der Waals surface area contributed by atoms with E-state index in [0.29, 0.717) is 18.1 Å². The number of aromatic nitrogens is 1. The molecule has 1 aliphatic rings. The smallest absolute Gasteiger partial charge is 0.0737 e. The second-order valence-electron chi connectivity index (χ2n) is 4.51. The van der Waals surface area contributed by atoms with Crippen LogP contribution in [0.15, 0.2) is 35.7 Å². The lowest BCUT2D eigenvalue weighted by atomic mass is 10.1. The Hall–Kier alpha value is -1.88. The van der Waals surface area contributed by atoms with Gasteiger partial charge in [-0.15, -0.1) is 4.91 Å². The Morgan fingerprint density at radius 1 is 1.16 bits per heavy atom. The van der Waals surface area contributed by atoms with Gasteiger partial charge in [0.25, 0.3) is 0 Å². The van der Waals surface area contributed by atoms with Crippen molar-refractivity contribution < 1.29 is 0 Å². The molecule has 0 bridgehead atoms. The minimum Gasteiger partial charge on any atom is -0.367 e. The molecule has 1 fully saturated rings. The van der Waals surface area contributed by atoms with Crippen LogP contribution in [0.25, 0.3) is 10.9 Å². The van der Waals surface area contributed by atoms with Gasteiger partial charge in [-0.25, -0.2) is 0 Å². The average Bonchev–Trinajstić information content (AvgIpc) is 2.46. The van der Waals surface area contributed by atoms with E-state index < -0.39 is 0 Å². The maximum absolute atomic E-state index is 10.5. The summed E-state index contributed by atoms with van der Waals surface area (Å²) in [5, 5.41) is 6.30. The topological polar surface area (TPSA) is 48.8 Å². The summed E-state index contributed by atoms with van der Waals surface area (Å²) in [4.78, 5) is 17.1. The summed E-state index contributed by atoms with van der Waals surface area (Å²) in [5.41, 5.74) is 2.02. The molecular formula is C13H13ClN4O. The number of halogens is 1. The predicted octanol–water partition coefficient (Wildman–Crippen LogP) is 2.69. The van der Waals surface area contributed by atoms with Gasteiger partial charge in [-0.1, -0.05) is 11.6 Å². The number of fused-ring (bicyclic) bond motifs is 1. The lowest BCUT2D eigenvalue weighted by Crippen LogP contribution is -2.44. The standard InChI is InChI=1S/C13H13ClN4O/c14-10-1-2-11-12(9-10)15-4-3-13(11)17-5-7-18(16-19)8-6-17/h1-4,9H,5-8H2. The van der Waals surface area contributed by atoms with Crippen molar-refractivity contribution in [1.82, 2.24) is 9.99 Å². The van der Waals surface area contributed by atoms with Crippen molar-refractivity contribution in [3.8, 4) is 0 Å². The summed E-state index contributed by atoms with van der Waals surface area (Å²) in [5.74, 6) is 0. The third-order valence-corrected chi connectivity index (χ3v) is 3.63. The van der Waals surface area contributed by atoms with Gasteiger partial charge < -0.3 is 4.90 Å². The number of nitroso groups, excluding NO2 is 1. The number of anilines is 1. The molecule has 1 saturated heterocycles. The summed E-state index contributed by atoms with van der Waals surface area (Å²) in [6, 6.07) is 7.73. The summed E-state index contributed by atoms with van der Waals surface area (Å²) >= 11 is 5.99. The second-order valence-corrected chi connectivity index (χ2v) is 4.95. The average molecular weight is 277 g/mol. The van der Waals surface area contributed by atoms with Gasteiger partial charge in [-0.3, -0.25) is 9.99 Å². The van der Waals surface area contributed by atoms with Gasteiger partial charge in [-0.2, -0.15) is 0 Å². The first-order valence-corrected chi connectivity index (χ1v) is 6.53. The molecule has 0 aliphatic carbocycles. The van der Waals surface area contributed by atoms with Crippen LogP contribution in [0, 0.1) is 4.91 Å². The van der Waals surface area contributed by atoms with Crippen LogP contribution in [0.1, 0.15) is 0 Å². The molecule has 0 unspecified atom stereocenters. The molecule has 0 N–H and O–H groups in total. The van der Waals surface area contributed by atoms with Crippen LogP contribution in [0.2, 0.25) is 5.02 Å². The van der Waals surface area contributed by atoms with E-state index in [1.54, 1.807) is 11.2 Å². The van der Waals surface area contributed by atoms with Gasteiger partial charge in [0, 0.05) is 35.4 Å². The number of benzene rings is 1. The maximum Gasteiger partial charge on any atom is 0.0737 e. The Bertz CT molecular complexity index is 611. The molecule has 0 amide bonds. The lowest BCUT2D eigenvalue weighted by Gasteiger charge is -2.33. The highest BCUT2D eigenvalue weighted by atomic mass is 35.5. The highest BCUT2D eigenvalue weighted by molar-refractivity contribution is 6.31. The van der Waals surface area contributed by atoms with E-state index in [2.05, 4.69) is 15.2 Å². The third kappa shape index (κ3) is 2.33. The quantitative estimate of drug-likeness (QED) is 0.792. The first kappa shape index (κ1) is 12.2. The number of nitrogens with zero attached hydrogens (tertiary/aromatic N) is 4. The van der Waals surface area contributed by atoms with Gasteiger partial charge >= 0.3 is 0 Å². The molecule has 0 spiro atoms. The van der Waals surface area contributed by atoms with Crippen molar-refractivity contribution in [1.29, 1.82) is 0 Å². The molecule has 0 atom stereocenters. The van der Waals surface area contributed by atoms with E-state index >= 15 is 0 Å². The zero-order chi connectivity index (χ0) is 13.2. The second kappa shape index (κ2) is 5.01. The summed E-state index contributed by atoms with van der Waals surface area (Å²) < 4.78 is 0. The molecule has 98 valence electrons. The van der Waals surface area contributed by atoms with E-state index in [0.717, 1.165) is 29.7 Å². The number of hydrogen-bond acceptors (Lipinski definition) is 4. The molecule has 1 aromatic carbocycles. The van der Waals surface area contributed by atoms with E-state index in [1.165, 1.54) is 0 Å². The maximum atomic E-state index is 10.5. The van der Waals surface area contributed by atoms with Crippen LogP contribution in [-0.4, -0.2) is 36.2 Å². The molecule has 1 aromatic heterocycles. The third-order valence-electron chi connectivity index (χ3n) is 3.39. The van der Waals surface area contributed by atoms with Crippen LogP contribution >= 0.6 is 11.6 Å². The van der Waals surface area contributed by atoms with Crippen molar-refractivity contribution in [2.75, 3.05) is 31.1 Å². The molecule has 19 heavy (non-hydrogen) atoms. The minimum absolute atomic E-state index is 0.654. The lowest BCUT2D eigenvalue weighted by molar-refractivity contribution is 0.267. The predicted molar refractivity (Wildman–Crippen MR) is 76.3 cm³/mol. The first-order chi connectivity index (χ1) is 9.28. The van der Waals surface area contributed by atoms with Crippen LogP contribution in [-0.2, 0) is 0 Å². The Kier molecular flexibility index (Phi) is 3.21. The molecule has 2 heterocycles. The van der Waals surface area contributed by atoms with Crippen LogP contribution in [0.5, 0.6) is 0 Å². The molecule has 2 aromatic rings. The first-order valence-electron chi connectivity index (χ1n) is 6.15. The fourth-order valence-electron chi connectivity index (χ4n) is 2.40. The van der Waals surface area contributed by atoms with Crippen LogP contribution < -0.4 is 4.90 Å². The van der Waals surface area contributed by atoms with Crippen molar-refractivity contribution in [3.05, 3.63) is 40.4 Å². The normalized spacial score (nSPS) is 15.8.